The maximum Gasteiger partial charge on any atom is 0.243 e. The molecule has 2 aromatic rings. The maximum atomic E-state index is 11.7. The van der Waals surface area contributed by atoms with Crippen LogP contribution in [-0.2, 0) is 4.79 Å². The minimum Gasteiger partial charge on any atom is -0.443 e. The molecule has 0 spiro atoms. The van der Waals surface area contributed by atoms with E-state index in [2.05, 4.69) is 4.98 Å². The van der Waals surface area contributed by atoms with Gasteiger partial charge in [0.15, 0.2) is 12.0 Å². The number of aromatic nitrogens is 1. The van der Waals surface area contributed by atoms with Crippen molar-refractivity contribution in [2.45, 2.75) is 6.04 Å². The fourth-order valence-electron chi connectivity index (χ4n) is 1.49. The lowest BCUT2D eigenvalue weighted by molar-refractivity contribution is -0.130. The highest BCUT2D eigenvalue weighted by Gasteiger charge is 2.18. The van der Waals surface area contributed by atoms with Gasteiger partial charge in [0, 0.05) is 14.1 Å². The summed E-state index contributed by atoms with van der Waals surface area (Å²) >= 11 is 0. The minimum absolute atomic E-state index is 0.140. The van der Waals surface area contributed by atoms with E-state index in [1.54, 1.807) is 32.3 Å². The van der Waals surface area contributed by atoms with Crippen molar-refractivity contribution in [1.29, 1.82) is 0 Å². The van der Waals surface area contributed by atoms with Gasteiger partial charge in [0.2, 0.25) is 5.91 Å². The quantitative estimate of drug-likeness (QED) is 0.815. The molecule has 1 unspecified atom stereocenters. The molecule has 1 heterocycles. The minimum atomic E-state index is -0.663. The number of carbonyl (C=O) groups excluding carboxylic acids is 1. The number of rotatable bonds is 2. The van der Waals surface area contributed by atoms with Crippen LogP contribution < -0.4 is 5.73 Å². The number of oxazole rings is 1. The second kappa shape index (κ2) is 3.94. The molecular weight excluding hydrogens is 206 g/mol. The van der Waals surface area contributed by atoms with Gasteiger partial charge in [-0.15, -0.1) is 0 Å². The third-order valence-electron chi connectivity index (χ3n) is 2.42. The number of carbonyl (C=O) groups is 1. The predicted molar refractivity (Wildman–Crippen MR) is 59.6 cm³/mol. The van der Waals surface area contributed by atoms with Crippen LogP contribution in [0.15, 0.2) is 29.0 Å². The van der Waals surface area contributed by atoms with Crippen LogP contribution in [0.1, 0.15) is 11.6 Å². The Morgan fingerprint density at radius 2 is 2.25 bits per heavy atom. The highest BCUT2D eigenvalue weighted by Crippen LogP contribution is 2.19. The topological polar surface area (TPSA) is 72.4 Å². The number of benzene rings is 1. The van der Waals surface area contributed by atoms with Gasteiger partial charge in [-0.2, -0.15) is 0 Å². The van der Waals surface area contributed by atoms with E-state index in [4.69, 9.17) is 10.2 Å². The lowest BCUT2D eigenvalue weighted by Gasteiger charge is -2.16. The highest BCUT2D eigenvalue weighted by atomic mass is 16.3. The fourth-order valence-corrected chi connectivity index (χ4v) is 1.49. The fraction of sp³-hybridized carbons (Fsp3) is 0.273. The average molecular weight is 219 g/mol. The summed E-state index contributed by atoms with van der Waals surface area (Å²) in [5, 5.41) is 0. The third-order valence-corrected chi connectivity index (χ3v) is 2.42. The molecule has 16 heavy (non-hydrogen) atoms. The SMILES string of the molecule is CN(C)C(=O)C(N)c1ccc2ncoc2c1. The number of hydrogen-bond acceptors (Lipinski definition) is 4. The number of nitrogens with zero attached hydrogens (tertiary/aromatic N) is 2. The lowest BCUT2D eigenvalue weighted by Crippen LogP contribution is -2.33. The summed E-state index contributed by atoms with van der Waals surface area (Å²) < 4.78 is 5.16. The van der Waals surface area contributed by atoms with Crippen LogP contribution in [-0.4, -0.2) is 29.9 Å². The normalized spacial score (nSPS) is 12.7. The molecule has 1 aromatic heterocycles. The molecule has 0 aliphatic heterocycles. The van der Waals surface area contributed by atoms with E-state index in [0.717, 1.165) is 11.1 Å². The van der Waals surface area contributed by atoms with Gasteiger partial charge >= 0.3 is 0 Å². The van der Waals surface area contributed by atoms with Crippen molar-refractivity contribution in [3.8, 4) is 0 Å². The molecule has 0 fully saturated rings. The van der Waals surface area contributed by atoms with Gasteiger partial charge in [0.1, 0.15) is 11.6 Å². The smallest absolute Gasteiger partial charge is 0.243 e. The van der Waals surface area contributed by atoms with Gasteiger partial charge in [0.25, 0.3) is 0 Å². The summed E-state index contributed by atoms with van der Waals surface area (Å²) in [6.45, 7) is 0. The van der Waals surface area contributed by atoms with Gasteiger partial charge < -0.3 is 15.1 Å². The first-order chi connectivity index (χ1) is 7.59. The molecule has 5 heteroatoms. The number of hydrogen-bond donors (Lipinski definition) is 1. The molecule has 0 aliphatic carbocycles. The molecule has 5 nitrogen and oxygen atoms in total. The van der Waals surface area contributed by atoms with Crippen LogP contribution in [0.2, 0.25) is 0 Å². The monoisotopic (exact) mass is 219 g/mol. The summed E-state index contributed by atoms with van der Waals surface area (Å²) in [6.07, 6.45) is 1.37. The van der Waals surface area contributed by atoms with E-state index < -0.39 is 6.04 Å². The Kier molecular flexibility index (Phi) is 2.62. The Balaban J connectivity index is 2.35. The van der Waals surface area contributed by atoms with Crippen molar-refractivity contribution >= 4 is 17.0 Å². The predicted octanol–water partition coefficient (Wildman–Crippen LogP) is 0.916. The first-order valence-electron chi connectivity index (χ1n) is 4.89. The van der Waals surface area contributed by atoms with Crippen molar-refractivity contribution < 1.29 is 9.21 Å². The highest BCUT2D eigenvalue weighted by molar-refractivity contribution is 5.84. The molecule has 0 aliphatic rings. The van der Waals surface area contributed by atoms with Gasteiger partial charge in [-0.1, -0.05) is 6.07 Å². The van der Waals surface area contributed by atoms with E-state index in [1.165, 1.54) is 11.3 Å². The molecule has 1 amide bonds. The van der Waals surface area contributed by atoms with Crippen LogP contribution in [0.4, 0.5) is 0 Å². The van der Waals surface area contributed by atoms with Crippen molar-refractivity contribution in [3.63, 3.8) is 0 Å². The summed E-state index contributed by atoms with van der Waals surface area (Å²) in [5.41, 5.74) is 7.97. The van der Waals surface area contributed by atoms with Gasteiger partial charge in [-0.05, 0) is 17.7 Å². The third kappa shape index (κ3) is 1.77. The van der Waals surface area contributed by atoms with Crippen LogP contribution in [0.3, 0.4) is 0 Å². The molecule has 2 N–H and O–H groups in total. The number of amides is 1. The number of fused-ring (bicyclic) bond motifs is 1. The molecule has 1 aromatic carbocycles. The molecule has 0 bridgehead atoms. The van der Waals surface area contributed by atoms with Crippen LogP contribution >= 0.6 is 0 Å². The zero-order valence-corrected chi connectivity index (χ0v) is 9.18. The molecular formula is C11H13N3O2. The first kappa shape index (κ1) is 10.6. The lowest BCUT2D eigenvalue weighted by atomic mass is 10.1. The van der Waals surface area contributed by atoms with Crippen LogP contribution in [0, 0.1) is 0 Å². The molecule has 2 rings (SSSR count). The summed E-state index contributed by atoms with van der Waals surface area (Å²) in [5.74, 6) is -0.140. The second-order valence-electron chi connectivity index (χ2n) is 3.79. The molecule has 0 saturated heterocycles. The van der Waals surface area contributed by atoms with Crippen molar-refractivity contribution in [3.05, 3.63) is 30.2 Å². The van der Waals surface area contributed by atoms with E-state index in [-0.39, 0.29) is 5.91 Å². The number of likely N-dealkylation sites (N-methyl/N-ethyl adjacent to an activating group) is 1. The van der Waals surface area contributed by atoms with Crippen LogP contribution in [0.5, 0.6) is 0 Å². The van der Waals surface area contributed by atoms with E-state index in [9.17, 15) is 4.79 Å². The Morgan fingerprint density at radius 3 is 2.94 bits per heavy atom. The summed E-state index contributed by atoms with van der Waals surface area (Å²) in [6, 6.07) is 4.66. The zero-order valence-electron chi connectivity index (χ0n) is 9.18. The van der Waals surface area contributed by atoms with E-state index in [1.807, 2.05) is 0 Å². The number of nitrogens with two attached hydrogens (primary N) is 1. The second-order valence-corrected chi connectivity index (χ2v) is 3.79. The summed E-state index contributed by atoms with van der Waals surface area (Å²) in [4.78, 5) is 17.1. The Hall–Kier alpha value is -1.88. The van der Waals surface area contributed by atoms with Gasteiger partial charge in [-0.25, -0.2) is 4.98 Å². The Bertz CT molecular complexity index is 519. The van der Waals surface area contributed by atoms with Crippen molar-refractivity contribution in [2.75, 3.05) is 14.1 Å². The maximum absolute atomic E-state index is 11.7. The van der Waals surface area contributed by atoms with Crippen LogP contribution in [0.25, 0.3) is 11.1 Å². The Labute approximate surface area is 92.8 Å². The molecule has 84 valence electrons. The standard InChI is InChI=1S/C11H13N3O2/c1-14(2)11(15)10(12)7-3-4-8-9(5-7)16-6-13-8/h3-6,10H,12H2,1-2H3. The van der Waals surface area contributed by atoms with Gasteiger partial charge in [-0.3, -0.25) is 4.79 Å². The molecule has 0 radical (unpaired) electrons. The summed E-state index contributed by atoms with van der Waals surface area (Å²) in [7, 11) is 3.35. The average Bonchev–Trinajstić information content (AvgIpc) is 2.73. The van der Waals surface area contributed by atoms with Gasteiger partial charge in [0.05, 0.1) is 0 Å². The van der Waals surface area contributed by atoms with Crippen molar-refractivity contribution in [2.24, 2.45) is 5.73 Å². The Morgan fingerprint density at radius 1 is 1.50 bits per heavy atom. The van der Waals surface area contributed by atoms with E-state index in [0.29, 0.717) is 5.58 Å². The largest absolute Gasteiger partial charge is 0.443 e. The van der Waals surface area contributed by atoms with E-state index >= 15 is 0 Å². The zero-order chi connectivity index (χ0) is 11.7. The molecule has 1 atom stereocenters. The van der Waals surface area contributed by atoms with Crippen molar-refractivity contribution in [1.82, 2.24) is 9.88 Å². The first-order valence-corrected chi connectivity index (χ1v) is 4.89. The molecule has 0 saturated carbocycles.